The van der Waals surface area contributed by atoms with Crippen LogP contribution in [0.1, 0.15) is 19.8 Å². The van der Waals surface area contributed by atoms with Crippen molar-refractivity contribution in [1.29, 1.82) is 0 Å². The second-order valence-electron chi connectivity index (χ2n) is 5.32. The van der Waals surface area contributed by atoms with Crippen molar-refractivity contribution >= 4 is 5.97 Å². The molecule has 3 nitrogen and oxygen atoms in total. The SMILES string of the molecule is C=C1C(=O)OC2C1CCC(C)=C1C=CC(=C)C12O. The maximum absolute atomic E-state index is 11.7. The quantitative estimate of drug-likeness (QED) is 0.524. The zero-order chi connectivity index (χ0) is 13.1. The zero-order valence-electron chi connectivity index (χ0n) is 10.4. The molecule has 3 atom stereocenters. The molecule has 1 aliphatic heterocycles. The smallest absolute Gasteiger partial charge is 0.334 e. The molecule has 0 saturated carbocycles. The van der Waals surface area contributed by atoms with Crippen molar-refractivity contribution in [3.8, 4) is 0 Å². The van der Waals surface area contributed by atoms with Gasteiger partial charge in [-0.25, -0.2) is 4.79 Å². The summed E-state index contributed by atoms with van der Waals surface area (Å²) in [5.74, 6) is -0.511. The number of aliphatic hydroxyl groups is 1. The van der Waals surface area contributed by atoms with Crippen LogP contribution in [0.2, 0.25) is 0 Å². The monoisotopic (exact) mass is 244 g/mol. The number of fused-ring (bicyclic) bond motifs is 3. The highest BCUT2D eigenvalue weighted by Crippen LogP contribution is 2.49. The zero-order valence-corrected chi connectivity index (χ0v) is 10.4. The molecule has 3 aliphatic rings. The second-order valence-corrected chi connectivity index (χ2v) is 5.32. The highest BCUT2D eigenvalue weighted by atomic mass is 16.6. The van der Waals surface area contributed by atoms with Crippen LogP contribution in [0.5, 0.6) is 0 Å². The number of rotatable bonds is 0. The van der Waals surface area contributed by atoms with Crippen molar-refractivity contribution in [1.82, 2.24) is 0 Å². The Morgan fingerprint density at radius 3 is 2.89 bits per heavy atom. The van der Waals surface area contributed by atoms with Crippen LogP contribution < -0.4 is 0 Å². The van der Waals surface area contributed by atoms with Gasteiger partial charge in [0.1, 0.15) is 6.10 Å². The molecular weight excluding hydrogens is 228 g/mol. The first kappa shape index (κ1) is 11.5. The van der Waals surface area contributed by atoms with Gasteiger partial charge in [-0.3, -0.25) is 0 Å². The molecule has 1 N–H and O–H groups in total. The third-order valence-corrected chi connectivity index (χ3v) is 4.36. The van der Waals surface area contributed by atoms with Crippen molar-refractivity contribution in [3.05, 3.63) is 47.6 Å². The number of hydrogen-bond acceptors (Lipinski definition) is 3. The fourth-order valence-electron chi connectivity index (χ4n) is 3.23. The van der Waals surface area contributed by atoms with Gasteiger partial charge < -0.3 is 9.84 Å². The number of ether oxygens (including phenoxy) is 1. The van der Waals surface area contributed by atoms with E-state index >= 15 is 0 Å². The molecule has 3 heteroatoms. The van der Waals surface area contributed by atoms with Crippen LogP contribution in [0, 0.1) is 5.92 Å². The topological polar surface area (TPSA) is 46.5 Å². The van der Waals surface area contributed by atoms with Crippen molar-refractivity contribution in [2.45, 2.75) is 31.5 Å². The fraction of sp³-hybridized carbons (Fsp3) is 0.400. The molecule has 18 heavy (non-hydrogen) atoms. The lowest BCUT2D eigenvalue weighted by Crippen LogP contribution is -2.45. The first-order valence-electron chi connectivity index (χ1n) is 6.16. The van der Waals surface area contributed by atoms with Crippen molar-refractivity contribution < 1.29 is 14.6 Å². The van der Waals surface area contributed by atoms with E-state index in [-0.39, 0.29) is 5.92 Å². The molecule has 0 aromatic rings. The molecule has 2 aliphatic carbocycles. The van der Waals surface area contributed by atoms with Crippen molar-refractivity contribution in [3.63, 3.8) is 0 Å². The number of carbonyl (C=O) groups is 1. The van der Waals surface area contributed by atoms with E-state index in [1.807, 2.05) is 13.0 Å². The van der Waals surface area contributed by atoms with Crippen LogP contribution in [0.4, 0.5) is 0 Å². The molecule has 0 radical (unpaired) electrons. The highest BCUT2D eigenvalue weighted by Gasteiger charge is 2.56. The Bertz CT molecular complexity index is 538. The Kier molecular flexibility index (Phi) is 2.20. The van der Waals surface area contributed by atoms with E-state index in [1.165, 1.54) is 0 Å². The predicted molar refractivity (Wildman–Crippen MR) is 67.7 cm³/mol. The van der Waals surface area contributed by atoms with Gasteiger partial charge in [-0.05, 0) is 30.9 Å². The summed E-state index contributed by atoms with van der Waals surface area (Å²) in [6.07, 6.45) is 4.73. The minimum absolute atomic E-state index is 0.119. The summed E-state index contributed by atoms with van der Waals surface area (Å²) < 4.78 is 5.37. The summed E-state index contributed by atoms with van der Waals surface area (Å²) in [6, 6.07) is 0. The van der Waals surface area contributed by atoms with Crippen LogP contribution in [0.3, 0.4) is 0 Å². The minimum Gasteiger partial charge on any atom is -0.455 e. The Hall–Kier alpha value is -1.61. The number of esters is 1. The van der Waals surface area contributed by atoms with Gasteiger partial charge in [-0.15, -0.1) is 0 Å². The van der Waals surface area contributed by atoms with E-state index in [0.29, 0.717) is 11.1 Å². The van der Waals surface area contributed by atoms with E-state index < -0.39 is 17.7 Å². The molecule has 1 saturated heterocycles. The van der Waals surface area contributed by atoms with E-state index in [1.54, 1.807) is 6.08 Å². The number of allylic oxidation sites excluding steroid dienone is 1. The van der Waals surface area contributed by atoms with Crippen LogP contribution in [-0.4, -0.2) is 22.8 Å². The summed E-state index contributed by atoms with van der Waals surface area (Å²) in [4.78, 5) is 11.7. The molecule has 3 rings (SSSR count). The largest absolute Gasteiger partial charge is 0.455 e. The Morgan fingerprint density at radius 1 is 1.44 bits per heavy atom. The maximum atomic E-state index is 11.7. The standard InChI is InChI=1S/C15H16O3/c1-8-4-6-11-10(3)14(16)18-13(11)15(17)9(2)5-7-12(8)15/h5,7,11,13,17H,2-4,6H2,1H3. The summed E-state index contributed by atoms with van der Waals surface area (Å²) in [7, 11) is 0. The minimum atomic E-state index is -1.26. The third-order valence-electron chi connectivity index (χ3n) is 4.36. The van der Waals surface area contributed by atoms with Crippen LogP contribution in [0.25, 0.3) is 0 Å². The molecule has 0 aromatic heterocycles. The maximum Gasteiger partial charge on any atom is 0.334 e. The first-order valence-corrected chi connectivity index (χ1v) is 6.16. The molecule has 1 fully saturated rings. The highest BCUT2D eigenvalue weighted by molar-refractivity contribution is 5.91. The van der Waals surface area contributed by atoms with Gasteiger partial charge in [-0.2, -0.15) is 0 Å². The molecule has 0 bridgehead atoms. The lowest BCUT2D eigenvalue weighted by molar-refractivity contribution is -0.146. The summed E-state index contributed by atoms with van der Waals surface area (Å²) in [6.45, 7) is 9.72. The lowest BCUT2D eigenvalue weighted by atomic mass is 9.79. The van der Waals surface area contributed by atoms with Crippen LogP contribution in [0.15, 0.2) is 47.6 Å². The van der Waals surface area contributed by atoms with Crippen LogP contribution >= 0.6 is 0 Å². The first-order chi connectivity index (χ1) is 8.46. The van der Waals surface area contributed by atoms with Gasteiger partial charge in [0.15, 0.2) is 5.60 Å². The molecule has 3 unspecified atom stereocenters. The normalized spacial score (nSPS) is 38.7. The molecule has 0 aromatic carbocycles. The molecule has 0 spiro atoms. The lowest BCUT2D eigenvalue weighted by Gasteiger charge is -2.33. The van der Waals surface area contributed by atoms with Gasteiger partial charge in [0, 0.05) is 11.5 Å². The number of hydrogen-bond donors (Lipinski definition) is 1. The van der Waals surface area contributed by atoms with Gasteiger partial charge in [-0.1, -0.05) is 30.9 Å². The van der Waals surface area contributed by atoms with Gasteiger partial charge in [0.05, 0.1) is 0 Å². The predicted octanol–water partition coefficient (Wildman–Crippen LogP) is 2.05. The van der Waals surface area contributed by atoms with Crippen molar-refractivity contribution in [2.75, 3.05) is 0 Å². The molecule has 94 valence electrons. The molecule has 1 heterocycles. The summed E-state index contributed by atoms with van der Waals surface area (Å²) in [5.41, 5.74) is 1.77. The fourth-order valence-corrected chi connectivity index (χ4v) is 3.23. The Morgan fingerprint density at radius 2 is 2.17 bits per heavy atom. The average molecular weight is 244 g/mol. The molecular formula is C15H16O3. The molecule has 0 amide bonds. The van der Waals surface area contributed by atoms with Gasteiger partial charge in [0.25, 0.3) is 0 Å². The van der Waals surface area contributed by atoms with E-state index in [2.05, 4.69) is 13.2 Å². The van der Waals surface area contributed by atoms with Gasteiger partial charge in [0.2, 0.25) is 0 Å². The Balaban J connectivity index is 2.16. The number of carbonyl (C=O) groups excluding carboxylic acids is 1. The van der Waals surface area contributed by atoms with E-state index in [0.717, 1.165) is 24.0 Å². The van der Waals surface area contributed by atoms with E-state index in [4.69, 9.17) is 4.74 Å². The van der Waals surface area contributed by atoms with Crippen LogP contribution in [-0.2, 0) is 9.53 Å². The summed E-state index contributed by atoms with van der Waals surface area (Å²) >= 11 is 0. The summed E-state index contributed by atoms with van der Waals surface area (Å²) in [5, 5.41) is 11.0. The van der Waals surface area contributed by atoms with E-state index in [9.17, 15) is 9.90 Å². The average Bonchev–Trinajstić information content (AvgIpc) is 2.75. The Labute approximate surface area is 106 Å². The second kappa shape index (κ2) is 3.45. The van der Waals surface area contributed by atoms with Crippen molar-refractivity contribution in [2.24, 2.45) is 5.92 Å². The third kappa shape index (κ3) is 1.20. The van der Waals surface area contributed by atoms with Gasteiger partial charge >= 0.3 is 5.97 Å².